The summed E-state index contributed by atoms with van der Waals surface area (Å²) in [4.78, 5) is 10.7. The third-order valence-electron chi connectivity index (χ3n) is 2.95. The number of rotatable bonds is 2. The summed E-state index contributed by atoms with van der Waals surface area (Å²) in [5.41, 5.74) is 2.87. The number of hydrogen-bond donors (Lipinski definition) is 2. The summed E-state index contributed by atoms with van der Waals surface area (Å²) in [6, 6.07) is 3.34. The van der Waals surface area contributed by atoms with E-state index < -0.39 is 5.97 Å². The van der Waals surface area contributed by atoms with E-state index in [-0.39, 0.29) is 6.42 Å². The van der Waals surface area contributed by atoms with Gasteiger partial charge in [0, 0.05) is 0 Å². The van der Waals surface area contributed by atoms with Crippen molar-refractivity contribution in [2.24, 2.45) is 0 Å². The molecule has 0 saturated heterocycles. The molecule has 0 unspecified atom stereocenters. The third kappa shape index (κ3) is 1.96. The van der Waals surface area contributed by atoms with Gasteiger partial charge in [0.1, 0.15) is 5.75 Å². The number of phenols is 1. The average Bonchev–Trinajstić information content (AvgIpc) is 2.22. The van der Waals surface area contributed by atoms with E-state index >= 15 is 0 Å². The van der Waals surface area contributed by atoms with Gasteiger partial charge in [-0.05, 0) is 48.4 Å². The molecule has 0 fully saturated rings. The molecule has 15 heavy (non-hydrogen) atoms. The van der Waals surface area contributed by atoms with Crippen molar-refractivity contribution in [3.63, 3.8) is 0 Å². The molecule has 80 valence electrons. The Morgan fingerprint density at radius 2 is 1.87 bits per heavy atom. The summed E-state index contributed by atoms with van der Waals surface area (Å²) in [5.74, 6) is -0.493. The number of aliphatic carboxylic acids is 1. The van der Waals surface area contributed by atoms with Crippen molar-refractivity contribution in [3.8, 4) is 5.75 Å². The van der Waals surface area contributed by atoms with Gasteiger partial charge in [-0.15, -0.1) is 0 Å². The molecule has 1 aliphatic rings. The molecule has 1 aromatic rings. The maximum atomic E-state index is 10.7. The van der Waals surface area contributed by atoms with Crippen LogP contribution in [0, 0.1) is 0 Å². The van der Waals surface area contributed by atoms with Crippen LogP contribution in [0.2, 0.25) is 0 Å². The van der Waals surface area contributed by atoms with E-state index in [1.807, 2.05) is 0 Å². The number of aromatic hydroxyl groups is 1. The molecule has 0 amide bonds. The lowest BCUT2D eigenvalue weighted by atomic mass is 9.86. The maximum absolute atomic E-state index is 10.7. The molecule has 3 nitrogen and oxygen atoms in total. The van der Waals surface area contributed by atoms with Crippen LogP contribution in [0.1, 0.15) is 29.5 Å². The van der Waals surface area contributed by atoms with Crippen LogP contribution in [0.3, 0.4) is 0 Å². The highest BCUT2D eigenvalue weighted by molar-refractivity contribution is 5.71. The normalized spacial score (nSPS) is 14.7. The molecule has 0 radical (unpaired) electrons. The van der Waals surface area contributed by atoms with Crippen molar-refractivity contribution in [1.82, 2.24) is 0 Å². The van der Waals surface area contributed by atoms with Gasteiger partial charge in [0.05, 0.1) is 6.42 Å². The zero-order valence-electron chi connectivity index (χ0n) is 8.49. The molecule has 0 bridgehead atoms. The van der Waals surface area contributed by atoms with E-state index in [0.29, 0.717) is 5.75 Å². The molecule has 3 heteroatoms. The van der Waals surface area contributed by atoms with E-state index in [1.165, 1.54) is 0 Å². The molecule has 2 N–H and O–H groups in total. The molecule has 0 saturated carbocycles. The molecule has 0 atom stereocenters. The Bertz CT molecular complexity index is 396. The van der Waals surface area contributed by atoms with Gasteiger partial charge in [0.15, 0.2) is 0 Å². The Labute approximate surface area is 88.4 Å². The zero-order valence-corrected chi connectivity index (χ0v) is 8.49. The number of benzene rings is 1. The SMILES string of the molecule is O=C(O)Cc1ccc(O)c2c1CCCC2. The van der Waals surface area contributed by atoms with E-state index in [9.17, 15) is 9.90 Å². The third-order valence-corrected chi connectivity index (χ3v) is 2.95. The first kappa shape index (κ1) is 10.0. The van der Waals surface area contributed by atoms with Crippen molar-refractivity contribution in [1.29, 1.82) is 0 Å². The van der Waals surface area contributed by atoms with Gasteiger partial charge in [0.25, 0.3) is 0 Å². The second-order valence-corrected chi connectivity index (χ2v) is 3.98. The fraction of sp³-hybridized carbons (Fsp3) is 0.417. The maximum Gasteiger partial charge on any atom is 0.307 e. The van der Waals surface area contributed by atoms with Crippen LogP contribution in [0.15, 0.2) is 12.1 Å². The lowest BCUT2D eigenvalue weighted by Gasteiger charge is -2.19. The highest BCUT2D eigenvalue weighted by Gasteiger charge is 2.17. The van der Waals surface area contributed by atoms with Crippen LogP contribution in [0.4, 0.5) is 0 Å². The molecule has 0 spiro atoms. The first-order chi connectivity index (χ1) is 7.18. The largest absolute Gasteiger partial charge is 0.508 e. The van der Waals surface area contributed by atoms with E-state index in [1.54, 1.807) is 12.1 Å². The molecule has 1 aromatic carbocycles. The number of hydrogen-bond acceptors (Lipinski definition) is 2. The van der Waals surface area contributed by atoms with Crippen LogP contribution in [0.25, 0.3) is 0 Å². The van der Waals surface area contributed by atoms with Crippen LogP contribution in [-0.2, 0) is 24.1 Å². The molecule has 0 heterocycles. The Morgan fingerprint density at radius 1 is 1.20 bits per heavy atom. The van der Waals surface area contributed by atoms with Gasteiger partial charge < -0.3 is 10.2 Å². The molecule has 0 aromatic heterocycles. The van der Waals surface area contributed by atoms with Crippen molar-refractivity contribution in [2.45, 2.75) is 32.1 Å². The van der Waals surface area contributed by atoms with Crippen LogP contribution in [0.5, 0.6) is 5.75 Å². The van der Waals surface area contributed by atoms with Gasteiger partial charge in [-0.1, -0.05) is 6.07 Å². The lowest BCUT2D eigenvalue weighted by Crippen LogP contribution is -2.10. The Hall–Kier alpha value is -1.51. The van der Waals surface area contributed by atoms with Crippen LogP contribution < -0.4 is 0 Å². The van der Waals surface area contributed by atoms with E-state index in [4.69, 9.17) is 5.11 Å². The second-order valence-electron chi connectivity index (χ2n) is 3.98. The van der Waals surface area contributed by atoms with Gasteiger partial charge in [-0.2, -0.15) is 0 Å². The van der Waals surface area contributed by atoms with Gasteiger partial charge in [0.2, 0.25) is 0 Å². The standard InChI is InChI=1S/C12H14O3/c13-11-6-5-8(7-12(14)15)9-3-1-2-4-10(9)11/h5-6,13H,1-4,7H2,(H,14,15). The van der Waals surface area contributed by atoms with Crippen LogP contribution in [-0.4, -0.2) is 16.2 Å². The number of carboxylic acids is 1. The minimum absolute atomic E-state index is 0.0581. The smallest absolute Gasteiger partial charge is 0.307 e. The number of carbonyl (C=O) groups is 1. The minimum Gasteiger partial charge on any atom is -0.508 e. The fourth-order valence-electron chi connectivity index (χ4n) is 2.25. The first-order valence-electron chi connectivity index (χ1n) is 5.23. The summed E-state index contributed by atoms with van der Waals surface area (Å²) in [6.07, 6.45) is 3.99. The second kappa shape index (κ2) is 3.93. The van der Waals surface area contributed by atoms with Crippen molar-refractivity contribution < 1.29 is 15.0 Å². The minimum atomic E-state index is -0.812. The number of fused-ring (bicyclic) bond motifs is 1. The van der Waals surface area contributed by atoms with E-state index in [2.05, 4.69) is 0 Å². The van der Waals surface area contributed by atoms with Gasteiger partial charge in [-0.25, -0.2) is 0 Å². The zero-order chi connectivity index (χ0) is 10.8. The molecule has 2 rings (SSSR count). The van der Waals surface area contributed by atoms with Crippen molar-refractivity contribution in [2.75, 3.05) is 0 Å². The Balaban J connectivity index is 2.43. The molecule has 0 aliphatic heterocycles. The Morgan fingerprint density at radius 3 is 2.53 bits per heavy atom. The first-order valence-corrected chi connectivity index (χ1v) is 5.23. The lowest BCUT2D eigenvalue weighted by molar-refractivity contribution is -0.136. The molecular weight excluding hydrogens is 192 g/mol. The van der Waals surface area contributed by atoms with Crippen molar-refractivity contribution >= 4 is 5.97 Å². The van der Waals surface area contributed by atoms with Crippen LogP contribution >= 0.6 is 0 Å². The highest BCUT2D eigenvalue weighted by atomic mass is 16.4. The topological polar surface area (TPSA) is 57.5 Å². The molecular formula is C12H14O3. The summed E-state index contributed by atoms with van der Waals surface area (Å²) >= 11 is 0. The number of carboxylic acid groups (broad SMARTS) is 1. The number of phenolic OH excluding ortho intramolecular Hbond substituents is 1. The average molecular weight is 206 g/mol. The monoisotopic (exact) mass is 206 g/mol. The highest BCUT2D eigenvalue weighted by Crippen LogP contribution is 2.31. The quantitative estimate of drug-likeness (QED) is 0.777. The summed E-state index contributed by atoms with van der Waals surface area (Å²) in [5, 5.41) is 18.4. The summed E-state index contributed by atoms with van der Waals surface area (Å²) < 4.78 is 0. The van der Waals surface area contributed by atoms with Gasteiger partial charge >= 0.3 is 5.97 Å². The molecule has 1 aliphatic carbocycles. The Kier molecular flexibility index (Phi) is 2.62. The van der Waals surface area contributed by atoms with Crippen molar-refractivity contribution in [3.05, 3.63) is 28.8 Å². The summed E-state index contributed by atoms with van der Waals surface area (Å²) in [7, 11) is 0. The predicted octanol–water partition coefficient (Wildman–Crippen LogP) is 1.90. The van der Waals surface area contributed by atoms with Gasteiger partial charge in [-0.3, -0.25) is 4.79 Å². The summed E-state index contributed by atoms with van der Waals surface area (Å²) in [6.45, 7) is 0. The fourth-order valence-corrected chi connectivity index (χ4v) is 2.25. The van der Waals surface area contributed by atoms with E-state index in [0.717, 1.165) is 42.4 Å². The predicted molar refractivity (Wildman–Crippen MR) is 56.1 cm³/mol.